The smallest absolute Gasteiger partial charge is 0.114 e. The number of benzene rings is 1. The van der Waals surface area contributed by atoms with Gasteiger partial charge < -0.3 is 5.32 Å². The molecule has 2 aromatic rings. The van der Waals surface area contributed by atoms with Gasteiger partial charge in [0.2, 0.25) is 0 Å². The molecule has 0 bridgehead atoms. The summed E-state index contributed by atoms with van der Waals surface area (Å²) in [5, 5.41) is 7.58. The molecule has 0 fully saturated rings. The Labute approximate surface area is 127 Å². The molecule has 102 valence electrons. The van der Waals surface area contributed by atoms with E-state index in [1.165, 1.54) is 0 Å². The van der Waals surface area contributed by atoms with E-state index in [4.69, 9.17) is 23.2 Å². The van der Waals surface area contributed by atoms with Crippen molar-refractivity contribution >= 4 is 34.5 Å². The first-order valence-electron chi connectivity index (χ1n) is 6.10. The predicted octanol–water partition coefficient (Wildman–Crippen LogP) is 4.88. The molecular weight excluding hydrogens is 299 g/mol. The van der Waals surface area contributed by atoms with Crippen LogP contribution in [0.25, 0.3) is 0 Å². The summed E-state index contributed by atoms with van der Waals surface area (Å²) < 4.78 is 0. The van der Waals surface area contributed by atoms with Crippen molar-refractivity contribution in [2.45, 2.75) is 25.8 Å². The lowest BCUT2D eigenvalue weighted by Gasteiger charge is -2.14. The van der Waals surface area contributed by atoms with Crippen LogP contribution in [0.3, 0.4) is 0 Å². The molecule has 1 heterocycles. The molecule has 0 saturated carbocycles. The Morgan fingerprint density at radius 1 is 1.21 bits per heavy atom. The number of rotatable bonds is 4. The monoisotopic (exact) mass is 314 g/mol. The molecule has 0 amide bonds. The molecule has 5 heteroatoms. The molecule has 19 heavy (non-hydrogen) atoms. The van der Waals surface area contributed by atoms with Crippen LogP contribution in [0.1, 0.15) is 42.1 Å². The van der Waals surface area contributed by atoms with Gasteiger partial charge in [0.05, 0.1) is 21.8 Å². The van der Waals surface area contributed by atoms with E-state index in [9.17, 15) is 0 Å². The first kappa shape index (κ1) is 14.8. The van der Waals surface area contributed by atoms with E-state index in [-0.39, 0.29) is 6.04 Å². The SMILES string of the molecule is CNC(c1ccc(Cl)c(Cl)c1)c1nc(C(C)C)cs1. The predicted molar refractivity (Wildman–Crippen MR) is 83.6 cm³/mol. The molecule has 0 aliphatic heterocycles. The Balaban J connectivity index is 2.35. The fraction of sp³-hybridized carbons (Fsp3) is 0.357. The van der Waals surface area contributed by atoms with Gasteiger partial charge in [0.15, 0.2) is 0 Å². The van der Waals surface area contributed by atoms with E-state index < -0.39 is 0 Å². The minimum Gasteiger partial charge on any atom is -0.307 e. The van der Waals surface area contributed by atoms with Crippen LogP contribution in [0.5, 0.6) is 0 Å². The van der Waals surface area contributed by atoms with Gasteiger partial charge in [-0.1, -0.05) is 43.1 Å². The standard InChI is InChI=1S/C14H16Cl2N2S/c1-8(2)12-7-19-14(18-12)13(17-3)9-4-5-10(15)11(16)6-9/h4-8,13,17H,1-3H3. The second-order valence-electron chi connectivity index (χ2n) is 4.66. The quantitative estimate of drug-likeness (QED) is 0.869. The Morgan fingerprint density at radius 2 is 1.95 bits per heavy atom. The molecule has 0 spiro atoms. The van der Waals surface area contributed by atoms with E-state index in [2.05, 4.69) is 29.5 Å². The zero-order valence-electron chi connectivity index (χ0n) is 11.1. The summed E-state index contributed by atoms with van der Waals surface area (Å²) in [4.78, 5) is 4.69. The third-order valence-corrected chi connectivity index (χ3v) is 4.61. The first-order chi connectivity index (χ1) is 9.02. The first-order valence-corrected chi connectivity index (χ1v) is 7.74. The second kappa shape index (κ2) is 6.23. The number of thiazole rings is 1. The van der Waals surface area contributed by atoms with Crippen molar-refractivity contribution in [1.29, 1.82) is 0 Å². The lowest BCUT2D eigenvalue weighted by Crippen LogP contribution is -2.17. The summed E-state index contributed by atoms with van der Waals surface area (Å²) in [5.41, 5.74) is 2.20. The van der Waals surface area contributed by atoms with E-state index >= 15 is 0 Å². The van der Waals surface area contributed by atoms with Gasteiger partial charge in [0.1, 0.15) is 5.01 Å². The fourth-order valence-corrected chi connectivity index (χ4v) is 3.24. The molecule has 2 rings (SSSR count). The van der Waals surface area contributed by atoms with Gasteiger partial charge in [-0.3, -0.25) is 0 Å². The maximum atomic E-state index is 6.08. The van der Waals surface area contributed by atoms with Gasteiger partial charge in [-0.25, -0.2) is 4.98 Å². The maximum Gasteiger partial charge on any atom is 0.114 e. The van der Waals surface area contributed by atoms with Crippen molar-refractivity contribution in [2.75, 3.05) is 7.05 Å². The summed E-state index contributed by atoms with van der Waals surface area (Å²) >= 11 is 13.7. The van der Waals surface area contributed by atoms with E-state index in [1.54, 1.807) is 11.3 Å². The Kier molecular flexibility index (Phi) is 4.85. The molecule has 1 aromatic heterocycles. The molecule has 0 aliphatic rings. The number of halogens is 2. The minimum atomic E-state index is 0.0484. The lowest BCUT2D eigenvalue weighted by molar-refractivity contribution is 0.679. The molecule has 0 saturated heterocycles. The van der Waals surface area contributed by atoms with Crippen LogP contribution < -0.4 is 5.32 Å². The topological polar surface area (TPSA) is 24.9 Å². The fourth-order valence-electron chi connectivity index (χ4n) is 1.82. The van der Waals surface area contributed by atoms with Gasteiger partial charge in [-0.05, 0) is 30.7 Å². The largest absolute Gasteiger partial charge is 0.307 e. The zero-order valence-corrected chi connectivity index (χ0v) is 13.4. The molecule has 0 radical (unpaired) electrons. The third kappa shape index (κ3) is 3.29. The van der Waals surface area contributed by atoms with Crippen molar-refractivity contribution in [3.8, 4) is 0 Å². The van der Waals surface area contributed by atoms with Crippen molar-refractivity contribution in [1.82, 2.24) is 10.3 Å². The van der Waals surface area contributed by atoms with Crippen molar-refractivity contribution < 1.29 is 0 Å². The van der Waals surface area contributed by atoms with Crippen molar-refractivity contribution in [3.05, 3.63) is 49.9 Å². The van der Waals surface area contributed by atoms with E-state index in [0.29, 0.717) is 16.0 Å². The zero-order chi connectivity index (χ0) is 14.0. The average Bonchev–Trinajstić information content (AvgIpc) is 2.84. The summed E-state index contributed by atoms with van der Waals surface area (Å²) in [6.45, 7) is 4.29. The summed E-state index contributed by atoms with van der Waals surface area (Å²) in [6.07, 6.45) is 0. The minimum absolute atomic E-state index is 0.0484. The number of nitrogens with one attached hydrogen (secondary N) is 1. The molecule has 2 nitrogen and oxygen atoms in total. The molecular formula is C14H16Cl2N2S. The maximum absolute atomic E-state index is 6.08. The Morgan fingerprint density at radius 3 is 2.47 bits per heavy atom. The van der Waals surface area contributed by atoms with E-state index in [1.807, 2.05) is 25.2 Å². The van der Waals surface area contributed by atoms with Crippen molar-refractivity contribution in [2.24, 2.45) is 0 Å². The molecule has 1 unspecified atom stereocenters. The van der Waals surface area contributed by atoms with Gasteiger partial charge in [0, 0.05) is 5.38 Å². The normalized spacial score (nSPS) is 12.9. The summed E-state index contributed by atoms with van der Waals surface area (Å²) in [6, 6.07) is 5.74. The van der Waals surface area contributed by atoms with Crippen LogP contribution in [-0.4, -0.2) is 12.0 Å². The summed E-state index contributed by atoms with van der Waals surface area (Å²) in [5.74, 6) is 0.441. The highest BCUT2D eigenvalue weighted by molar-refractivity contribution is 7.09. The number of hydrogen-bond acceptors (Lipinski definition) is 3. The highest BCUT2D eigenvalue weighted by atomic mass is 35.5. The Bertz CT molecular complexity index is 566. The highest BCUT2D eigenvalue weighted by Gasteiger charge is 2.17. The third-order valence-electron chi connectivity index (χ3n) is 2.94. The van der Waals surface area contributed by atoms with E-state index in [0.717, 1.165) is 16.3 Å². The Hall–Kier alpha value is -0.610. The lowest BCUT2D eigenvalue weighted by atomic mass is 10.1. The van der Waals surface area contributed by atoms with Crippen molar-refractivity contribution in [3.63, 3.8) is 0 Å². The van der Waals surface area contributed by atoms with Gasteiger partial charge in [-0.2, -0.15) is 0 Å². The number of hydrogen-bond donors (Lipinski definition) is 1. The van der Waals surface area contributed by atoms with Gasteiger partial charge in [-0.15, -0.1) is 11.3 Å². The van der Waals surface area contributed by atoms with Crippen LogP contribution in [0, 0.1) is 0 Å². The van der Waals surface area contributed by atoms with Gasteiger partial charge >= 0.3 is 0 Å². The van der Waals surface area contributed by atoms with Crippen LogP contribution in [-0.2, 0) is 0 Å². The number of aromatic nitrogens is 1. The average molecular weight is 315 g/mol. The molecule has 0 aliphatic carbocycles. The molecule has 1 atom stereocenters. The molecule has 1 aromatic carbocycles. The summed E-state index contributed by atoms with van der Waals surface area (Å²) in [7, 11) is 1.92. The highest BCUT2D eigenvalue weighted by Crippen LogP contribution is 2.31. The van der Waals surface area contributed by atoms with Gasteiger partial charge in [0.25, 0.3) is 0 Å². The van der Waals surface area contributed by atoms with Crippen LogP contribution in [0.2, 0.25) is 10.0 Å². The molecule has 1 N–H and O–H groups in total. The van der Waals surface area contributed by atoms with Crippen LogP contribution in [0.4, 0.5) is 0 Å². The second-order valence-corrected chi connectivity index (χ2v) is 6.36. The van der Waals surface area contributed by atoms with Crippen LogP contribution >= 0.6 is 34.5 Å². The number of nitrogens with zero attached hydrogens (tertiary/aromatic N) is 1. The van der Waals surface area contributed by atoms with Crippen LogP contribution in [0.15, 0.2) is 23.6 Å².